The molecule has 8 aromatic carbocycles. The number of benzene rings is 8. The highest BCUT2D eigenvalue weighted by Gasteiger charge is 2.26. The van der Waals surface area contributed by atoms with Crippen molar-refractivity contribution in [2.45, 2.75) is 0 Å². The second-order valence-electron chi connectivity index (χ2n) is 14.4. The smallest absolute Gasteiger partial charge is 0.164 e. The van der Waals surface area contributed by atoms with E-state index in [4.69, 9.17) is 15.0 Å². The van der Waals surface area contributed by atoms with Crippen LogP contribution in [-0.4, -0.2) is 24.1 Å². The Morgan fingerprint density at radius 1 is 0.333 bits per heavy atom. The summed E-state index contributed by atoms with van der Waals surface area (Å²) < 4.78 is 7.50. The Hall–Kier alpha value is -7.41. The van der Waals surface area contributed by atoms with Crippen LogP contribution in [0.1, 0.15) is 0 Å². The van der Waals surface area contributed by atoms with Gasteiger partial charge in [-0.3, -0.25) is 0 Å². The van der Waals surface area contributed by atoms with E-state index in [1.165, 1.54) is 63.8 Å². The summed E-state index contributed by atoms with van der Waals surface area (Å²) in [6.45, 7) is 0. The van der Waals surface area contributed by atoms with E-state index in [9.17, 15) is 0 Å². The van der Waals surface area contributed by atoms with Crippen LogP contribution in [0.25, 0.3) is 109 Å². The molecule has 0 aliphatic rings. The number of rotatable bonds is 5. The van der Waals surface area contributed by atoms with E-state index >= 15 is 0 Å². The lowest BCUT2D eigenvalue weighted by atomic mass is 10.0. The molecule has 0 spiro atoms. The summed E-state index contributed by atoms with van der Waals surface area (Å²) in [5, 5.41) is 7.58. The van der Waals surface area contributed by atoms with Gasteiger partial charge in [-0.2, -0.15) is 0 Å². The maximum atomic E-state index is 5.02. The van der Waals surface area contributed by atoms with Crippen LogP contribution in [0, 0.1) is 0 Å². The zero-order valence-corrected chi connectivity index (χ0v) is 31.4. The minimum absolute atomic E-state index is 0.638. The third-order valence-electron chi connectivity index (χ3n) is 11.1. The van der Waals surface area contributed by atoms with Crippen LogP contribution >= 0.6 is 11.3 Å². The van der Waals surface area contributed by atoms with Gasteiger partial charge in [0.1, 0.15) is 0 Å². The van der Waals surface area contributed by atoms with Crippen molar-refractivity contribution in [3.8, 4) is 45.5 Å². The lowest BCUT2D eigenvalue weighted by Gasteiger charge is -2.12. The highest BCUT2D eigenvalue weighted by Crippen LogP contribution is 2.51. The number of aromatic nitrogens is 5. The number of hydrogen-bond acceptors (Lipinski definition) is 4. The topological polar surface area (TPSA) is 48.5 Å². The molecule has 6 heteroatoms. The summed E-state index contributed by atoms with van der Waals surface area (Å²) in [5.74, 6) is 1.94. The molecule has 0 aliphatic heterocycles. The van der Waals surface area contributed by atoms with Crippen molar-refractivity contribution in [3.05, 3.63) is 188 Å². The fourth-order valence-electron chi connectivity index (χ4n) is 8.70. The lowest BCUT2D eigenvalue weighted by molar-refractivity contribution is 1.07. The summed E-state index contributed by atoms with van der Waals surface area (Å²) in [7, 11) is 0. The Morgan fingerprint density at radius 2 is 0.754 bits per heavy atom. The molecule has 0 unspecified atom stereocenters. The molecule has 0 N–H and O–H groups in total. The molecule has 57 heavy (non-hydrogen) atoms. The van der Waals surface area contributed by atoms with Crippen molar-refractivity contribution >= 4 is 75.1 Å². The average molecular weight is 746 g/mol. The van der Waals surface area contributed by atoms with Gasteiger partial charge >= 0.3 is 0 Å². The standard InChI is InChI=1S/C51H31N5S/c1-4-16-32(17-5-1)49-52-50(33-18-6-2-7-19-33)54-51(53-49)34-28-30-36(31-29-34)56-41-26-14-11-23-38(41)44-43-37-22-10-13-25-40(37)55(35-20-8-3-9-21-35)46(43)45-39-24-12-15-27-42(39)57-48(45)47(44)56/h1-31H. The van der Waals surface area contributed by atoms with Crippen LogP contribution in [0.15, 0.2) is 188 Å². The molecule has 0 atom stereocenters. The third-order valence-corrected chi connectivity index (χ3v) is 12.3. The first-order valence-corrected chi connectivity index (χ1v) is 19.9. The molecule has 12 aromatic rings. The summed E-state index contributed by atoms with van der Waals surface area (Å²) >= 11 is 1.88. The third kappa shape index (κ3) is 4.84. The number of thiophene rings is 1. The number of nitrogens with zero attached hydrogens (tertiary/aromatic N) is 5. The maximum absolute atomic E-state index is 5.02. The molecule has 0 bridgehead atoms. The Labute approximate surface area is 331 Å². The van der Waals surface area contributed by atoms with Crippen LogP contribution in [0.4, 0.5) is 0 Å². The molecule has 4 heterocycles. The Bertz CT molecular complexity index is 3430. The van der Waals surface area contributed by atoms with E-state index < -0.39 is 0 Å². The van der Waals surface area contributed by atoms with Gasteiger partial charge in [-0.1, -0.05) is 133 Å². The molecule has 5 nitrogen and oxygen atoms in total. The molecular formula is C51H31N5S. The molecule has 12 rings (SSSR count). The van der Waals surface area contributed by atoms with Crippen LogP contribution in [0.3, 0.4) is 0 Å². The summed E-state index contributed by atoms with van der Waals surface area (Å²) in [4.78, 5) is 14.9. The van der Waals surface area contributed by atoms with Crippen LogP contribution < -0.4 is 0 Å². The Balaban J connectivity index is 1.15. The largest absolute Gasteiger partial charge is 0.309 e. The first-order valence-electron chi connectivity index (χ1n) is 19.1. The molecule has 0 saturated heterocycles. The van der Waals surface area contributed by atoms with Crippen LogP contribution in [0.2, 0.25) is 0 Å². The highest BCUT2D eigenvalue weighted by molar-refractivity contribution is 7.27. The van der Waals surface area contributed by atoms with E-state index in [-0.39, 0.29) is 0 Å². The van der Waals surface area contributed by atoms with Crippen molar-refractivity contribution in [2.24, 2.45) is 0 Å². The fourth-order valence-corrected chi connectivity index (χ4v) is 9.94. The van der Waals surface area contributed by atoms with Crippen molar-refractivity contribution in [1.29, 1.82) is 0 Å². The van der Waals surface area contributed by atoms with Crippen molar-refractivity contribution < 1.29 is 0 Å². The van der Waals surface area contributed by atoms with Crippen molar-refractivity contribution in [2.75, 3.05) is 0 Å². The zero-order valence-electron chi connectivity index (χ0n) is 30.5. The van der Waals surface area contributed by atoms with E-state index in [2.05, 4.69) is 137 Å². The highest BCUT2D eigenvalue weighted by atomic mass is 32.1. The van der Waals surface area contributed by atoms with Crippen molar-refractivity contribution in [1.82, 2.24) is 24.1 Å². The van der Waals surface area contributed by atoms with Gasteiger partial charge in [-0.25, -0.2) is 15.0 Å². The minimum Gasteiger partial charge on any atom is -0.309 e. The molecular weight excluding hydrogens is 715 g/mol. The van der Waals surface area contributed by atoms with Crippen LogP contribution in [-0.2, 0) is 0 Å². The number of fused-ring (bicyclic) bond motifs is 12. The molecule has 0 radical (unpaired) electrons. The lowest BCUT2D eigenvalue weighted by Crippen LogP contribution is -2.00. The zero-order chi connectivity index (χ0) is 37.5. The van der Waals surface area contributed by atoms with Gasteiger partial charge < -0.3 is 9.13 Å². The van der Waals surface area contributed by atoms with Crippen LogP contribution in [0.5, 0.6) is 0 Å². The van der Waals surface area contributed by atoms with E-state index in [0.717, 1.165) is 28.1 Å². The van der Waals surface area contributed by atoms with Crippen molar-refractivity contribution in [3.63, 3.8) is 0 Å². The predicted octanol–water partition coefficient (Wildman–Crippen LogP) is 13.4. The predicted molar refractivity (Wildman–Crippen MR) is 238 cm³/mol. The van der Waals surface area contributed by atoms with E-state index in [0.29, 0.717) is 17.5 Å². The van der Waals surface area contributed by atoms with E-state index in [1.54, 1.807) is 0 Å². The van der Waals surface area contributed by atoms with Gasteiger partial charge in [0, 0.05) is 65.1 Å². The maximum Gasteiger partial charge on any atom is 0.164 e. The molecule has 0 fully saturated rings. The summed E-state index contributed by atoms with van der Waals surface area (Å²) in [6.07, 6.45) is 0. The monoisotopic (exact) mass is 745 g/mol. The quantitative estimate of drug-likeness (QED) is 0.176. The minimum atomic E-state index is 0.638. The molecule has 4 aromatic heterocycles. The summed E-state index contributed by atoms with van der Waals surface area (Å²) in [5.41, 5.74) is 9.91. The molecule has 266 valence electrons. The molecule has 0 aliphatic carbocycles. The molecule has 0 saturated carbocycles. The Kier molecular flexibility index (Phi) is 7.03. The second kappa shape index (κ2) is 12.6. The first-order chi connectivity index (χ1) is 28.3. The average Bonchev–Trinajstić information content (AvgIpc) is 3.95. The number of para-hydroxylation sites is 3. The normalized spacial score (nSPS) is 11.9. The second-order valence-corrected chi connectivity index (χ2v) is 15.4. The van der Waals surface area contributed by atoms with Gasteiger partial charge in [-0.05, 0) is 54.6 Å². The fraction of sp³-hybridized carbons (Fsp3) is 0. The van der Waals surface area contributed by atoms with Gasteiger partial charge in [0.05, 0.1) is 26.8 Å². The van der Waals surface area contributed by atoms with Gasteiger partial charge in [0.25, 0.3) is 0 Å². The first kappa shape index (κ1) is 31.9. The number of hydrogen-bond donors (Lipinski definition) is 0. The Morgan fingerprint density at radius 3 is 1.33 bits per heavy atom. The van der Waals surface area contributed by atoms with Gasteiger partial charge in [0.15, 0.2) is 17.5 Å². The van der Waals surface area contributed by atoms with Gasteiger partial charge in [0.2, 0.25) is 0 Å². The van der Waals surface area contributed by atoms with E-state index in [1.807, 2.05) is 72.0 Å². The molecule has 0 amide bonds. The SMILES string of the molecule is c1ccc(-c2nc(-c3ccccc3)nc(-c3ccc(-n4c5ccccc5c5c6c7ccccc7n(-c7ccccc7)c6c6c7ccccc7sc6c54)cc3)n2)cc1. The van der Waals surface area contributed by atoms with Gasteiger partial charge in [-0.15, -0.1) is 11.3 Å². The summed E-state index contributed by atoms with van der Waals surface area (Å²) in [6, 6.07) is 66.4.